The molecule has 1 fully saturated rings. The van der Waals surface area contributed by atoms with Gasteiger partial charge in [0.15, 0.2) is 0 Å². The standard InChI is InChI=1S/C18H28FNO/c1-4-14-7-9-18(12-20,10-8-14)17(3,21)15-6-5-13(2)16(19)11-15/h5-6,11,14,21H,4,7-10,12,20H2,1-3H3. The van der Waals surface area contributed by atoms with Gasteiger partial charge in [-0.15, -0.1) is 0 Å². The van der Waals surface area contributed by atoms with E-state index in [9.17, 15) is 9.50 Å². The van der Waals surface area contributed by atoms with Crippen molar-refractivity contribution in [3.05, 3.63) is 35.1 Å². The van der Waals surface area contributed by atoms with Crippen molar-refractivity contribution in [1.29, 1.82) is 0 Å². The smallest absolute Gasteiger partial charge is 0.126 e. The maximum atomic E-state index is 13.9. The molecule has 1 atom stereocenters. The first kappa shape index (κ1) is 16.4. The van der Waals surface area contributed by atoms with Crippen LogP contribution in [0.25, 0.3) is 0 Å². The third-order valence-electron chi connectivity index (χ3n) is 5.80. The van der Waals surface area contributed by atoms with Crippen molar-refractivity contribution in [2.75, 3.05) is 6.54 Å². The Balaban J connectivity index is 2.33. The molecule has 0 radical (unpaired) electrons. The summed E-state index contributed by atoms with van der Waals surface area (Å²) in [5, 5.41) is 11.2. The SMILES string of the molecule is CCC1CCC(CN)(C(C)(O)c2ccc(C)c(F)c2)CC1. The molecule has 3 N–H and O–H groups in total. The van der Waals surface area contributed by atoms with Crippen LogP contribution >= 0.6 is 0 Å². The van der Waals surface area contributed by atoms with Gasteiger partial charge in [0.05, 0.1) is 5.60 Å². The molecule has 0 bridgehead atoms. The van der Waals surface area contributed by atoms with E-state index in [1.807, 2.05) is 6.07 Å². The van der Waals surface area contributed by atoms with Crippen molar-refractivity contribution < 1.29 is 9.50 Å². The zero-order valence-corrected chi connectivity index (χ0v) is 13.5. The summed E-state index contributed by atoms with van der Waals surface area (Å²) in [5.74, 6) is 0.470. The highest BCUT2D eigenvalue weighted by Crippen LogP contribution is 2.50. The van der Waals surface area contributed by atoms with E-state index in [0.717, 1.165) is 31.6 Å². The molecule has 0 spiro atoms. The minimum absolute atomic E-state index is 0.262. The second kappa shape index (κ2) is 6.05. The van der Waals surface area contributed by atoms with Gasteiger partial charge >= 0.3 is 0 Å². The van der Waals surface area contributed by atoms with Crippen LogP contribution in [0.3, 0.4) is 0 Å². The molecular weight excluding hydrogens is 265 g/mol. The van der Waals surface area contributed by atoms with Crippen LogP contribution in [-0.2, 0) is 5.60 Å². The summed E-state index contributed by atoms with van der Waals surface area (Å²) >= 11 is 0. The van der Waals surface area contributed by atoms with Crippen LogP contribution in [0, 0.1) is 24.1 Å². The van der Waals surface area contributed by atoms with Gasteiger partial charge in [0, 0.05) is 12.0 Å². The van der Waals surface area contributed by atoms with E-state index in [4.69, 9.17) is 5.73 Å². The van der Waals surface area contributed by atoms with Crippen LogP contribution in [-0.4, -0.2) is 11.7 Å². The second-order valence-corrected chi connectivity index (χ2v) is 6.87. The lowest BCUT2D eigenvalue weighted by Crippen LogP contribution is -2.50. The van der Waals surface area contributed by atoms with E-state index < -0.39 is 5.60 Å². The summed E-state index contributed by atoms with van der Waals surface area (Å²) in [7, 11) is 0. The molecule has 3 heteroatoms. The predicted octanol–water partition coefficient (Wildman–Crippen LogP) is 3.89. The number of aryl methyl sites for hydroxylation is 1. The summed E-state index contributed by atoms with van der Waals surface area (Å²) < 4.78 is 13.9. The maximum absolute atomic E-state index is 13.9. The Hall–Kier alpha value is -0.930. The normalized spacial score (nSPS) is 29.1. The van der Waals surface area contributed by atoms with Crippen LogP contribution < -0.4 is 5.73 Å². The molecule has 1 unspecified atom stereocenters. The quantitative estimate of drug-likeness (QED) is 0.884. The number of halogens is 1. The van der Waals surface area contributed by atoms with Crippen LogP contribution in [0.4, 0.5) is 4.39 Å². The van der Waals surface area contributed by atoms with E-state index in [0.29, 0.717) is 17.7 Å². The average molecular weight is 293 g/mol. The first-order chi connectivity index (χ1) is 9.86. The van der Waals surface area contributed by atoms with Gasteiger partial charge in [0.2, 0.25) is 0 Å². The van der Waals surface area contributed by atoms with Crippen molar-refractivity contribution in [2.24, 2.45) is 17.1 Å². The Bertz CT molecular complexity index is 490. The zero-order valence-electron chi connectivity index (χ0n) is 13.5. The molecule has 1 saturated carbocycles. The van der Waals surface area contributed by atoms with Crippen molar-refractivity contribution in [1.82, 2.24) is 0 Å². The summed E-state index contributed by atoms with van der Waals surface area (Å²) in [6, 6.07) is 5.04. The zero-order chi connectivity index (χ0) is 15.7. The Morgan fingerprint density at radius 1 is 1.38 bits per heavy atom. The molecule has 2 nitrogen and oxygen atoms in total. The van der Waals surface area contributed by atoms with Crippen molar-refractivity contribution in [2.45, 2.75) is 58.5 Å². The minimum Gasteiger partial charge on any atom is -0.385 e. The van der Waals surface area contributed by atoms with Gasteiger partial charge in [-0.25, -0.2) is 4.39 Å². The van der Waals surface area contributed by atoms with Crippen LogP contribution in [0.2, 0.25) is 0 Å². The van der Waals surface area contributed by atoms with E-state index in [1.165, 1.54) is 12.5 Å². The molecule has 0 amide bonds. The molecule has 1 aromatic carbocycles. The highest BCUT2D eigenvalue weighted by atomic mass is 19.1. The van der Waals surface area contributed by atoms with Crippen molar-refractivity contribution >= 4 is 0 Å². The second-order valence-electron chi connectivity index (χ2n) is 6.87. The molecule has 0 aliphatic heterocycles. The van der Waals surface area contributed by atoms with E-state index >= 15 is 0 Å². The molecule has 0 saturated heterocycles. The third-order valence-corrected chi connectivity index (χ3v) is 5.80. The van der Waals surface area contributed by atoms with Crippen LogP contribution in [0.5, 0.6) is 0 Å². The topological polar surface area (TPSA) is 46.2 Å². The fourth-order valence-corrected chi connectivity index (χ4v) is 3.73. The largest absolute Gasteiger partial charge is 0.385 e. The highest BCUT2D eigenvalue weighted by molar-refractivity contribution is 5.30. The number of nitrogens with two attached hydrogens (primary N) is 1. The van der Waals surface area contributed by atoms with Gasteiger partial charge in [-0.3, -0.25) is 0 Å². The molecule has 0 heterocycles. The van der Waals surface area contributed by atoms with Gasteiger partial charge in [0.1, 0.15) is 5.82 Å². The Labute approximate surface area is 127 Å². The number of rotatable bonds is 4. The first-order valence-corrected chi connectivity index (χ1v) is 8.05. The van der Waals surface area contributed by atoms with Gasteiger partial charge in [-0.05, 0) is 62.6 Å². The molecule has 118 valence electrons. The number of benzene rings is 1. The lowest BCUT2D eigenvalue weighted by molar-refractivity contribution is -0.0982. The number of hydrogen-bond donors (Lipinski definition) is 2. The highest BCUT2D eigenvalue weighted by Gasteiger charge is 2.48. The van der Waals surface area contributed by atoms with Crippen molar-refractivity contribution in [3.8, 4) is 0 Å². The lowest BCUT2D eigenvalue weighted by atomic mass is 9.59. The number of aliphatic hydroxyl groups is 1. The summed E-state index contributed by atoms with van der Waals surface area (Å²) in [6.45, 7) is 6.19. The van der Waals surface area contributed by atoms with Crippen molar-refractivity contribution in [3.63, 3.8) is 0 Å². The molecule has 1 aliphatic carbocycles. The van der Waals surface area contributed by atoms with E-state index in [1.54, 1.807) is 19.9 Å². The van der Waals surface area contributed by atoms with Crippen LogP contribution in [0.15, 0.2) is 18.2 Å². The summed E-state index contributed by atoms with van der Waals surface area (Å²) in [5.41, 5.74) is 5.87. The van der Waals surface area contributed by atoms with Gasteiger partial charge in [-0.2, -0.15) is 0 Å². The molecular formula is C18H28FNO. The first-order valence-electron chi connectivity index (χ1n) is 8.05. The van der Waals surface area contributed by atoms with Crippen LogP contribution in [0.1, 0.15) is 57.1 Å². The van der Waals surface area contributed by atoms with Gasteiger partial charge in [-0.1, -0.05) is 25.5 Å². The predicted molar refractivity (Wildman–Crippen MR) is 84.4 cm³/mol. The van der Waals surface area contributed by atoms with Gasteiger partial charge in [0.25, 0.3) is 0 Å². The Kier molecular flexibility index (Phi) is 4.74. The molecule has 21 heavy (non-hydrogen) atoms. The average Bonchev–Trinajstić information content (AvgIpc) is 2.49. The molecule has 1 aliphatic rings. The Morgan fingerprint density at radius 3 is 2.48 bits per heavy atom. The number of hydrogen-bond acceptors (Lipinski definition) is 2. The summed E-state index contributed by atoms with van der Waals surface area (Å²) in [4.78, 5) is 0. The third kappa shape index (κ3) is 2.86. The fraction of sp³-hybridized carbons (Fsp3) is 0.667. The van der Waals surface area contributed by atoms with Gasteiger partial charge < -0.3 is 10.8 Å². The lowest BCUT2D eigenvalue weighted by Gasteiger charge is -2.49. The molecule has 0 aromatic heterocycles. The van der Waals surface area contributed by atoms with E-state index in [2.05, 4.69) is 6.92 Å². The minimum atomic E-state index is -1.09. The monoisotopic (exact) mass is 293 g/mol. The fourth-order valence-electron chi connectivity index (χ4n) is 3.73. The maximum Gasteiger partial charge on any atom is 0.126 e. The summed E-state index contributed by atoms with van der Waals surface area (Å²) in [6.07, 6.45) is 5.19. The van der Waals surface area contributed by atoms with E-state index in [-0.39, 0.29) is 11.2 Å². The molecule has 2 rings (SSSR count). The molecule has 1 aromatic rings. The Morgan fingerprint density at radius 2 is 2.00 bits per heavy atom.